The second-order valence-corrected chi connectivity index (χ2v) is 7.40. The number of carbonyl (C=O) groups is 2. The van der Waals surface area contributed by atoms with Crippen LogP contribution in [0.15, 0.2) is 54.6 Å². The summed E-state index contributed by atoms with van der Waals surface area (Å²) in [7, 11) is 3.06. The molecule has 2 N–H and O–H groups in total. The van der Waals surface area contributed by atoms with Crippen LogP contribution < -0.4 is 5.32 Å². The van der Waals surface area contributed by atoms with Crippen LogP contribution >= 0.6 is 0 Å². The van der Waals surface area contributed by atoms with Crippen LogP contribution in [0, 0.1) is 5.41 Å². The maximum Gasteiger partial charge on any atom is 0.404 e. The minimum atomic E-state index is -1.06. The summed E-state index contributed by atoms with van der Waals surface area (Å²) in [5, 5.41) is 12.8. The number of carbonyl (C=O) groups excluding carboxylic acids is 1. The molecular formula is C22H26N2O4. The van der Waals surface area contributed by atoms with Crippen molar-refractivity contribution in [3.8, 4) is 11.1 Å². The molecule has 1 fully saturated rings. The van der Waals surface area contributed by atoms with Crippen molar-refractivity contribution in [2.24, 2.45) is 5.41 Å². The number of hydroxylamine groups is 2. The van der Waals surface area contributed by atoms with E-state index in [4.69, 9.17) is 9.94 Å². The molecule has 2 aromatic rings. The number of carboxylic acid groups (broad SMARTS) is 1. The average Bonchev–Trinajstić information content (AvgIpc) is 3.10. The second-order valence-electron chi connectivity index (χ2n) is 7.40. The fourth-order valence-corrected chi connectivity index (χ4v) is 4.15. The average molecular weight is 382 g/mol. The van der Waals surface area contributed by atoms with Gasteiger partial charge in [0.15, 0.2) is 0 Å². The van der Waals surface area contributed by atoms with E-state index in [9.17, 15) is 9.59 Å². The molecule has 6 nitrogen and oxygen atoms in total. The second kappa shape index (κ2) is 8.44. The number of hydrogen-bond acceptors (Lipinski definition) is 3. The van der Waals surface area contributed by atoms with Gasteiger partial charge in [0.1, 0.15) is 0 Å². The van der Waals surface area contributed by atoms with Gasteiger partial charge in [0.05, 0.1) is 12.5 Å². The monoisotopic (exact) mass is 382 g/mol. The lowest BCUT2D eigenvalue weighted by Crippen LogP contribution is -2.43. The van der Waals surface area contributed by atoms with Gasteiger partial charge in [-0.15, -0.1) is 0 Å². The molecule has 6 heteroatoms. The Kier molecular flexibility index (Phi) is 5.99. The van der Waals surface area contributed by atoms with Crippen LogP contribution in [0.1, 0.15) is 24.8 Å². The lowest BCUT2D eigenvalue weighted by atomic mass is 9.78. The Morgan fingerprint density at radius 1 is 1.18 bits per heavy atom. The molecule has 0 bridgehead atoms. The first-order chi connectivity index (χ1) is 13.4. The van der Waals surface area contributed by atoms with Crippen LogP contribution in [0.5, 0.6) is 0 Å². The van der Waals surface area contributed by atoms with Crippen LogP contribution in [0.4, 0.5) is 4.79 Å². The molecule has 2 aromatic carbocycles. The van der Waals surface area contributed by atoms with Crippen LogP contribution in [0.3, 0.4) is 0 Å². The van der Waals surface area contributed by atoms with Gasteiger partial charge < -0.3 is 10.4 Å². The highest BCUT2D eigenvalue weighted by Crippen LogP contribution is 2.43. The lowest BCUT2D eigenvalue weighted by molar-refractivity contribution is -0.180. The van der Waals surface area contributed by atoms with Crippen molar-refractivity contribution in [1.82, 2.24) is 10.4 Å². The first kappa shape index (κ1) is 19.9. The van der Waals surface area contributed by atoms with Crippen LogP contribution in [-0.4, -0.2) is 42.4 Å². The predicted octanol–water partition coefficient (Wildman–Crippen LogP) is 3.72. The Balaban J connectivity index is 1.88. The Bertz CT molecular complexity index is 839. The molecule has 2 atom stereocenters. The summed E-state index contributed by atoms with van der Waals surface area (Å²) < 4.78 is 0. The first-order valence-electron chi connectivity index (χ1n) is 9.39. The maximum absolute atomic E-state index is 13.1. The Morgan fingerprint density at radius 3 is 2.57 bits per heavy atom. The van der Waals surface area contributed by atoms with Gasteiger partial charge in [-0.1, -0.05) is 54.6 Å². The van der Waals surface area contributed by atoms with Gasteiger partial charge in [-0.2, -0.15) is 0 Å². The van der Waals surface area contributed by atoms with E-state index < -0.39 is 11.5 Å². The topological polar surface area (TPSA) is 78.9 Å². The zero-order valence-electron chi connectivity index (χ0n) is 16.2. The minimum absolute atomic E-state index is 0.116. The summed E-state index contributed by atoms with van der Waals surface area (Å²) in [4.78, 5) is 29.3. The molecule has 0 saturated heterocycles. The molecule has 3 rings (SSSR count). The van der Waals surface area contributed by atoms with E-state index in [0.717, 1.165) is 16.7 Å². The van der Waals surface area contributed by atoms with Gasteiger partial charge in [0.2, 0.25) is 0 Å². The molecule has 0 aliphatic heterocycles. The highest BCUT2D eigenvalue weighted by molar-refractivity contribution is 5.83. The third-order valence-corrected chi connectivity index (χ3v) is 5.53. The molecule has 0 heterocycles. The molecular weight excluding hydrogens is 356 g/mol. The number of benzene rings is 2. The maximum atomic E-state index is 13.1. The van der Waals surface area contributed by atoms with Gasteiger partial charge in [-0.25, -0.2) is 9.86 Å². The van der Waals surface area contributed by atoms with E-state index in [1.165, 1.54) is 12.2 Å². The zero-order valence-corrected chi connectivity index (χ0v) is 16.2. The fraction of sp³-hybridized carbons (Fsp3) is 0.364. The number of hydrogen-bond donors (Lipinski definition) is 2. The summed E-state index contributed by atoms with van der Waals surface area (Å²) in [6, 6.07) is 18.0. The molecule has 1 aliphatic rings. The Morgan fingerprint density at radius 2 is 1.89 bits per heavy atom. The summed E-state index contributed by atoms with van der Waals surface area (Å²) in [5.74, 6) is -0.116. The standard InChI is InChI=1S/C22H26N2O4/c1-24(28-2)20(25)22(12-11-19(15-22)23-21(26)27)14-16-7-6-10-18(13-16)17-8-4-3-5-9-17/h3-10,13,19,23H,11-12,14-15H2,1-2H3,(H,26,27)/t19-,22+/m0/s1. The third kappa shape index (κ3) is 4.34. The van der Waals surface area contributed by atoms with Crippen LogP contribution in [0.2, 0.25) is 0 Å². The summed E-state index contributed by atoms with van der Waals surface area (Å²) in [5.41, 5.74) is 2.58. The van der Waals surface area contributed by atoms with E-state index >= 15 is 0 Å². The highest BCUT2D eigenvalue weighted by Gasteiger charge is 2.47. The van der Waals surface area contributed by atoms with Gasteiger partial charge in [0, 0.05) is 13.1 Å². The molecule has 0 aromatic heterocycles. The third-order valence-electron chi connectivity index (χ3n) is 5.53. The normalized spacial score (nSPS) is 21.3. The van der Waals surface area contributed by atoms with E-state index in [0.29, 0.717) is 25.7 Å². The number of amides is 2. The zero-order chi connectivity index (χ0) is 20.1. The van der Waals surface area contributed by atoms with Crippen molar-refractivity contribution in [2.75, 3.05) is 14.2 Å². The predicted molar refractivity (Wildman–Crippen MR) is 107 cm³/mol. The smallest absolute Gasteiger partial charge is 0.404 e. The van der Waals surface area contributed by atoms with E-state index in [2.05, 4.69) is 29.6 Å². The van der Waals surface area contributed by atoms with Crippen molar-refractivity contribution >= 4 is 12.0 Å². The first-order valence-corrected chi connectivity index (χ1v) is 9.39. The molecule has 0 radical (unpaired) electrons. The molecule has 2 amide bonds. The van der Waals surface area contributed by atoms with Crippen LogP contribution in [-0.2, 0) is 16.1 Å². The number of nitrogens with one attached hydrogen (secondary N) is 1. The van der Waals surface area contributed by atoms with Gasteiger partial charge >= 0.3 is 6.09 Å². The van der Waals surface area contributed by atoms with Crippen molar-refractivity contribution in [2.45, 2.75) is 31.7 Å². The number of rotatable bonds is 6. The SMILES string of the molecule is CON(C)C(=O)[C@@]1(Cc2cccc(-c3ccccc3)c2)CC[C@H](NC(=O)O)C1. The van der Waals surface area contributed by atoms with Crippen molar-refractivity contribution in [1.29, 1.82) is 0 Å². The quantitative estimate of drug-likeness (QED) is 0.747. The van der Waals surface area contributed by atoms with Gasteiger partial charge in [0.25, 0.3) is 5.91 Å². The van der Waals surface area contributed by atoms with E-state index in [-0.39, 0.29) is 11.9 Å². The Labute approximate surface area is 165 Å². The largest absolute Gasteiger partial charge is 0.465 e. The molecule has 28 heavy (non-hydrogen) atoms. The number of nitrogens with zero attached hydrogens (tertiary/aromatic N) is 1. The molecule has 0 spiro atoms. The highest BCUT2D eigenvalue weighted by atomic mass is 16.7. The summed E-state index contributed by atoms with van der Waals surface area (Å²) in [6.07, 6.45) is 1.19. The summed E-state index contributed by atoms with van der Waals surface area (Å²) in [6.45, 7) is 0. The minimum Gasteiger partial charge on any atom is -0.465 e. The van der Waals surface area contributed by atoms with E-state index in [1.54, 1.807) is 7.05 Å². The summed E-state index contributed by atoms with van der Waals surface area (Å²) >= 11 is 0. The van der Waals surface area contributed by atoms with Gasteiger partial charge in [-0.3, -0.25) is 9.63 Å². The molecule has 1 saturated carbocycles. The molecule has 0 unspecified atom stereocenters. The fourth-order valence-electron chi connectivity index (χ4n) is 4.15. The van der Waals surface area contributed by atoms with Crippen molar-refractivity contribution in [3.05, 3.63) is 60.2 Å². The van der Waals surface area contributed by atoms with Crippen molar-refractivity contribution < 1.29 is 19.5 Å². The van der Waals surface area contributed by atoms with Gasteiger partial charge in [-0.05, 0) is 42.4 Å². The van der Waals surface area contributed by atoms with Crippen LogP contribution in [0.25, 0.3) is 11.1 Å². The van der Waals surface area contributed by atoms with E-state index in [1.807, 2.05) is 30.3 Å². The molecule has 148 valence electrons. The Hall–Kier alpha value is -2.86. The lowest BCUT2D eigenvalue weighted by Gasteiger charge is -2.31. The molecule has 1 aliphatic carbocycles. The van der Waals surface area contributed by atoms with Crippen molar-refractivity contribution in [3.63, 3.8) is 0 Å².